The van der Waals surface area contributed by atoms with E-state index in [2.05, 4.69) is 32.4 Å². The minimum Gasteiger partial charge on any atom is -0.352 e. The molecule has 0 unspecified atom stereocenters. The van der Waals surface area contributed by atoms with E-state index in [0.717, 1.165) is 28.6 Å². The van der Waals surface area contributed by atoms with Gasteiger partial charge in [-0.15, -0.1) is 0 Å². The van der Waals surface area contributed by atoms with Gasteiger partial charge in [-0.3, -0.25) is 4.99 Å². The summed E-state index contributed by atoms with van der Waals surface area (Å²) in [5.41, 5.74) is 3.78. The maximum absolute atomic E-state index is 14.0. The second-order valence-electron chi connectivity index (χ2n) is 7.53. The number of aromatic nitrogens is 2. The molecule has 6 nitrogen and oxygen atoms in total. The van der Waals surface area contributed by atoms with Gasteiger partial charge in [-0.05, 0) is 37.4 Å². The minimum atomic E-state index is -0.180. The molecule has 2 aromatic carbocycles. The number of imidazole rings is 1. The molecule has 0 bridgehead atoms. The van der Waals surface area contributed by atoms with Crippen LogP contribution in [-0.2, 0) is 19.6 Å². The first-order chi connectivity index (χ1) is 14.5. The Labute approximate surface area is 177 Å². The molecule has 0 saturated heterocycles. The lowest BCUT2D eigenvalue weighted by molar-refractivity contribution is 0.392. The standard InChI is InChI=1S/C23H29FN6/c1-25-23(27-13-17-10-11-20(24)19(12-17)15-29(2)3)30(4)16-22-26-14-21(28-22)18-8-6-5-7-9-18/h5-12,14H,13,15-16H2,1-4H3,(H,25,27)(H,26,28). The fourth-order valence-electron chi connectivity index (χ4n) is 3.27. The lowest BCUT2D eigenvalue weighted by Gasteiger charge is -2.21. The molecular formula is C23H29FN6. The molecule has 0 saturated carbocycles. The highest BCUT2D eigenvalue weighted by molar-refractivity contribution is 5.79. The smallest absolute Gasteiger partial charge is 0.194 e. The number of benzene rings is 2. The van der Waals surface area contributed by atoms with Gasteiger partial charge in [0.05, 0.1) is 18.4 Å². The van der Waals surface area contributed by atoms with Crippen molar-refractivity contribution in [3.63, 3.8) is 0 Å². The van der Waals surface area contributed by atoms with Crippen LogP contribution in [0.5, 0.6) is 0 Å². The summed E-state index contributed by atoms with van der Waals surface area (Å²) in [5, 5.41) is 3.34. The summed E-state index contributed by atoms with van der Waals surface area (Å²) < 4.78 is 14.0. The Bertz CT molecular complexity index is 980. The Hall–Kier alpha value is -3.19. The molecule has 1 heterocycles. The molecule has 30 heavy (non-hydrogen) atoms. The Morgan fingerprint density at radius 3 is 2.57 bits per heavy atom. The summed E-state index contributed by atoms with van der Waals surface area (Å²) in [6, 6.07) is 15.3. The van der Waals surface area contributed by atoms with Crippen LogP contribution in [0, 0.1) is 5.82 Å². The van der Waals surface area contributed by atoms with Crippen molar-refractivity contribution >= 4 is 5.96 Å². The van der Waals surface area contributed by atoms with Gasteiger partial charge in [0.15, 0.2) is 5.96 Å². The Kier molecular flexibility index (Phi) is 7.19. The number of hydrogen-bond donors (Lipinski definition) is 2. The Balaban J connectivity index is 1.61. The molecule has 0 amide bonds. The molecule has 0 aliphatic rings. The van der Waals surface area contributed by atoms with Crippen molar-refractivity contribution in [2.24, 2.45) is 4.99 Å². The molecule has 0 fully saturated rings. The van der Waals surface area contributed by atoms with Gasteiger partial charge in [0.1, 0.15) is 11.6 Å². The van der Waals surface area contributed by atoms with Gasteiger partial charge in [0.25, 0.3) is 0 Å². The summed E-state index contributed by atoms with van der Waals surface area (Å²) in [5.74, 6) is 1.42. The summed E-state index contributed by atoms with van der Waals surface area (Å²) in [4.78, 5) is 16.2. The lowest BCUT2D eigenvalue weighted by Crippen LogP contribution is -2.38. The SMILES string of the molecule is CN=C(NCc1ccc(F)c(CN(C)C)c1)N(C)Cc1ncc(-c2ccccc2)[nH]1. The van der Waals surface area contributed by atoms with E-state index in [0.29, 0.717) is 25.2 Å². The molecule has 2 N–H and O–H groups in total. The monoisotopic (exact) mass is 408 g/mol. The van der Waals surface area contributed by atoms with Gasteiger partial charge in [0, 0.05) is 32.7 Å². The fourth-order valence-corrected chi connectivity index (χ4v) is 3.27. The number of H-pyrrole nitrogens is 1. The van der Waals surface area contributed by atoms with E-state index in [1.54, 1.807) is 13.1 Å². The number of nitrogens with zero attached hydrogens (tertiary/aromatic N) is 4. The van der Waals surface area contributed by atoms with Crippen molar-refractivity contribution in [2.45, 2.75) is 19.6 Å². The normalized spacial score (nSPS) is 11.7. The van der Waals surface area contributed by atoms with Crippen LogP contribution in [0.15, 0.2) is 59.7 Å². The average Bonchev–Trinajstić information content (AvgIpc) is 3.19. The molecule has 158 valence electrons. The Morgan fingerprint density at radius 1 is 1.10 bits per heavy atom. The summed E-state index contributed by atoms with van der Waals surface area (Å²) in [6.07, 6.45) is 1.85. The van der Waals surface area contributed by atoms with E-state index >= 15 is 0 Å². The van der Waals surface area contributed by atoms with Crippen molar-refractivity contribution in [2.75, 3.05) is 28.2 Å². The third-order valence-corrected chi connectivity index (χ3v) is 4.72. The van der Waals surface area contributed by atoms with Crippen LogP contribution >= 0.6 is 0 Å². The van der Waals surface area contributed by atoms with Crippen molar-refractivity contribution in [1.82, 2.24) is 25.1 Å². The van der Waals surface area contributed by atoms with Crippen LogP contribution in [0.3, 0.4) is 0 Å². The number of guanidine groups is 1. The second kappa shape index (κ2) is 10.0. The first-order valence-electron chi connectivity index (χ1n) is 9.89. The van der Waals surface area contributed by atoms with Gasteiger partial charge < -0.3 is 20.1 Å². The van der Waals surface area contributed by atoms with Gasteiger partial charge in [-0.2, -0.15) is 0 Å². The predicted molar refractivity (Wildman–Crippen MR) is 119 cm³/mol. The third-order valence-electron chi connectivity index (χ3n) is 4.72. The number of hydrogen-bond acceptors (Lipinski definition) is 3. The van der Waals surface area contributed by atoms with Crippen LogP contribution < -0.4 is 5.32 Å². The second-order valence-corrected chi connectivity index (χ2v) is 7.53. The fraction of sp³-hybridized carbons (Fsp3) is 0.304. The quantitative estimate of drug-likeness (QED) is 0.464. The van der Waals surface area contributed by atoms with Gasteiger partial charge in [-0.1, -0.05) is 36.4 Å². The van der Waals surface area contributed by atoms with E-state index < -0.39 is 0 Å². The van der Waals surface area contributed by atoms with Gasteiger partial charge in [0.2, 0.25) is 0 Å². The molecule has 7 heteroatoms. The first kappa shape index (κ1) is 21.5. The highest BCUT2D eigenvalue weighted by atomic mass is 19.1. The maximum atomic E-state index is 14.0. The van der Waals surface area contributed by atoms with Crippen LogP contribution in [0.1, 0.15) is 17.0 Å². The first-order valence-corrected chi connectivity index (χ1v) is 9.89. The number of nitrogens with one attached hydrogen (secondary N) is 2. The molecular weight excluding hydrogens is 379 g/mol. The number of halogens is 1. The number of aromatic amines is 1. The molecule has 0 aliphatic carbocycles. The van der Waals surface area contributed by atoms with E-state index in [-0.39, 0.29) is 5.82 Å². The molecule has 0 atom stereocenters. The highest BCUT2D eigenvalue weighted by Crippen LogP contribution is 2.16. The van der Waals surface area contributed by atoms with Gasteiger partial charge in [-0.25, -0.2) is 9.37 Å². The number of rotatable bonds is 7. The maximum Gasteiger partial charge on any atom is 0.194 e. The van der Waals surface area contributed by atoms with E-state index in [1.807, 2.05) is 61.4 Å². The van der Waals surface area contributed by atoms with Crippen molar-refractivity contribution in [3.8, 4) is 11.3 Å². The van der Waals surface area contributed by atoms with Gasteiger partial charge >= 0.3 is 0 Å². The minimum absolute atomic E-state index is 0.180. The average molecular weight is 409 g/mol. The van der Waals surface area contributed by atoms with Crippen LogP contribution in [0.25, 0.3) is 11.3 Å². The van der Waals surface area contributed by atoms with E-state index in [4.69, 9.17) is 0 Å². The summed E-state index contributed by atoms with van der Waals surface area (Å²) in [7, 11) is 7.57. The number of aliphatic imine (C=N–C) groups is 1. The highest BCUT2D eigenvalue weighted by Gasteiger charge is 2.11. The topological polar surface area (TPSA) is 59.6 Å². The van der Waals surface area contributed by atoms with E-state index in [1.165, 1.54) is 6.07 Å². The molecule has 0 aliphatic heterocycles. The molecule has 1 aromatic heterocycles. The molecule has 3 rings (SSSR count). The van der Waals surface area contributed by atoms with Crippen molar-refractivity contribution < 1.29 is 4.39 Å². The van der Waals surface area contributed by atoms with Crippen molar-refractivity contribution in [1.29, 1.82) is 0 Å². The van der Waals surface area contributed by atoms with Crippen LogP contribution in [0.4, 0.5) is 4.39 Å². The summed E-state index contributed by atoms with van der Waals surface area (Å²) >= 11 is 0. The zero-order valence-corrected chi connectivity index (χ0v) is 18.0. The third kappa shape index (κ3) is 5.67. The van der Waals surface area contributed by atoms with E-state index in [9.17, 15) is 4.39 Å². The molecule has 0 radical (unpaired) electrons. The molecule has 3 aromatic rings. The van der Waals surface area contributed by atoms with Crippen molar-refractivity contribution in [3.05, 3.63) is 77.5 Å². The van der Waals surface area contributed by atoms with Crippen LogP contribution in [-0.4, -0.2) is 53.9 Å². The summed E-state index contributed by atoms with van der Waals surface area (Å²) in [6.45, 7) is 1.71. The Morgan fingerprint density at radius 2 is 1.87 bits per heavy atom. The predicted octanol–water partition coefficient (Wildman–Crippen LogP) is 3.48. The largest absolute Gasteiger partial charge is 0.352 e. The van der Waals surface area contributed by atoms with Crippen LogP contribution in [0.2, 0.25) is 0 Å². The molecule has 0 spiro atoms. The zero-order valence-electron chi connectivity index (χ0n) is 18.0. The zero-order chi connectivity index (χ0) is 21.5. The lowest BCUT2D eigenvalue weighted by atomic mass is 10.1.